The topological polar surface area (TPSA) is 116 Å². The molecule has 3 aromatic rings. The largest absolute Gasteiger partial charge is 0.493 e. The van der Waals surface area contributed by atoms with Gasteiger partial charge in [0.25, 0.3) is 17.4 Å². The first-order valence-corrected chi connectivity index (χ1v) is 14.2. The molecule has 1 N–H and O–H groups in total. The summed E-state index contributed by atoms with van der Waals surface area (Å²) in [5.74, 6) is -4.01. The Kier molecular flexibility index (Phi) is 8.11. The number of carbonyl (C=O) groups excluding carboxylic acids is 2. The first-order valence-electron chi connectivity index (χ1n) is 12.6. The van der Waals surface area contributed by atoms with Crippen LogP contribution >= 0.6 is 35.0 Å². The number of anilines is 1. The second-order valence-electron chi connectivity index (χ2n) is 9.63. The normalized spacial score (nSPS) is 14.8. The number of carbonyl (C=O) groups is 2. The van der Waals surface area contributed by atoms with Crippen molar-refractivity contribution in [1.29, 1.82) is 5.26 Å². The number of H-pyrrole nitrogens is 1. The number of halogens is 4. The van der Waals surface area contributed by atoms with E-state index < -0.39 is 29.2 Å². The molecule has 3 heterocycles. The van der Waals surface area contributed by atoms with E-state index >= 15 is 0 Å². The Bertz CT molecular complexity index is 1700. The Morgan fingerprint density at radius 3 is 2.55 bits per heavy atom. The first kappa shape index (κ1) is 29.7. The summed E-state index contributed by atoms with van der Waals surface area (Å²) < 4.78 is 39.3. The number of nitrogens with one attached hydrogen (secondary N) is 1. The average molecular weight is 635 g/mol. The van der Waals surface area contributed by atoms with Crippen LogP contribution in [-0.4, -0.2) is 42.1 Å². The maximum Gasteiger partial charge on any atom is 0.414 e. The summed E-state index contributed by atoms with van der Waals surface area (Å²) in [6.07, 6.45) is -0.0159. The number of alkyl halides is 2. The van der Waals surface area contributed by atoms with E-state index in [1.807, 2.05) is 0 Å². The minimum Gasteiger partial charge on any atom is -0.493 e. The number of cyclic esters (lactones) is 1. The molecule has 0 radical (unpaired) electrons. The van der Waals surface area contributed by atoms with Crippen LogP contribution in [0.25, 0.3) is 0 Å². The number of aromatic nitrogens is 1. The number of benzene rings is 2. The molecule has 218 valence electrons. The van der Waals surface area contributed by atoms with Crippen LogP contribution in [0.5, 0.6) is 5.75 Å². The second kappa shape index (κ2) is 11.5. The Morgan fingerprint density at radius 1 is 1.21 bits per heavy atom. The number of nitrogens with zero attached hydrogens (tertiary/aromatic N) is 3. The van der Waals surface area contributed by atoms with Crippen molar-refractivity contribution in [1.82, 2.24) is 9.88 Å². The molecule has 1 fully saturated rings. The van der Waals surface area contributed by atoms with Crippen molar-refractivity contribution in [2.45, 2.75) is 42.1 Å². The summed E-state index contributed by atoms with van der Waals surface area (Å²) in [5.41, 5.74) is -0.597. The van der Waals surface area contributed by atoms with Gasteiger partial charge >= 0.3 is 6.09 Å². The van der Waals surface area contributed by atoms with Crippen LogP contribution in [0.4, 0.5) is 19.3 Å². The molecule has 0 unspecified atom stereocenters. The molecular formula is C28H22Cl2F2N4O5S. The molecule has 42 heavy (non-hydrogen) atoms. The molecule has 1 saturated heterocycles. The maximum absolute atomic E-state index is 14.3. The van der Waals surface area contributed by atoms with E-state index in [-0.39, 0.29) is 56.4 Å². The molecule has 0 aliphatic carbocycles. The van der Waals surface area contributed by atoms with Gasteiger partial charge in [-0.15, -0.1) is 0 Å². The lowest BCUT2D eigenvalue weighted by Gasteiger charge is -2.28. The van der Waals surface area contributed by atoms with Crippen molar-refractivity contribution in [2.75, 3.05) is 25.2 Å². The molecule has 2 aliphatic rings. The van der Waals surface area contributed by atoms with Crippen molar-refractivity contribution >= 4 is 52.7 Å². The monoisotopic (exact) mass is 634 g/mol. The highest BCUT2D eigenvalue weighted by Crippen LogP contribution is 2.43. The zero-order valence-electron chi connectivity index (χ0n) is 22.2. The second-order valence-corrected chi connectivity index (χ2v) is 11.5. The standard InChI is InChI=1S/C28H22Cl2F2N4O5S/c1-28(31,32)21-10-20(42-24-17(29)5-3-6-18(24)30)22(25(37)34-21)26(38)35-12-14-9-19(36-7-4-8-41-27(36)39)23(40-2)15(11-33)16(14)13-35/h3,5-6,9-10H,4,7-8,12-13H2,1-2H3,(H,34,37). The average Bonchev–Trinajstić information content (AvgIpc) is 3.37. The molecule has 0 saturated carbocycles. The summed E-state index contributed by atoms with van der Waals surface area (Å²) in [4.78, 5) is 44.6. The fourth-order valence-corrected chi connectivity index (χ4v) is 6.50. The number of nitriles is 1. The highest BCUT2D eigenvalue weighted by molar-refractivity contribution is 7.99. The van der Waals surface area contributed by atoms with E-state index in [2.05, 4.69) is 11.1 Å². The van der Waals surface area contributed by atoms with Gasteiger partial charge in [-0.2, -0.15) is 5.26 Å². The molecule has 2 amide bonds. The number of ether oxygens (including phenoxy) is 2. The lowest BCUT2D eigenvalue weighted by molar-refractivity contribution is 0.0121. The fourth-order valence-electron chi connectivity index (χ4n) is 4.86. The van der Waals surface area contributed by atoms with Crippen LogP contribution in [0.1, 0.15) is 46.1 Å². The van der Waals surface area contributed by atoms with Gasteiger partial charge in [0.15, 0.2) is 5.75 Å². The molecular weight excluding hydrogens is 613 g/mol. The predicted molar refractivity (Wildman–Crippen MR) is 152 cm³/mol. The van der Waals surface area contributed by atoms with Gasteiger partial charge in [0.1, 0.15) is 17.2 Å². The Hall–Kier alpha value is -3.79. The minimum absolute atomic E-state index is 0.0230. The number of amides is 2. The Balaban J connectivity index is 1.58. The molecule has 2 aliphatic heterocycles. The lowest BCUT2D eigenvalue weighted by atomic mass is 10.0. The number of rotatable bonds is 6. The van der Waals surface area contributed by atoms with Gasteiger partial charge in [0.2, 0.25) is 0 Å². The lowest BCUT2D eigenvalue weighted by Crippen LogP contribution is -2.38. The van der Waals surface area contributed by atoms with Crippen molar-refractivity contribution in [3.8, 4) is 11.8 Å². The quantitative estimate of drug-likeness (QED) is 0.337. The summed E-state index contributed by atoms with van der Waals surface area (Å²) in [5, 5.41) is 10.4. The molecule has 0 spiro atoms. The fraction of sp³-hybridized carbons (Fsp3) is 0.286. The summed E-state index contributed by atoms with van der Waals surface area (Å²) in [6.45, 7) is 1.15. The van der Waals surface area contributed by atoms with Gasteiger partial charge in [-0.1, -0.05) is 41.0 Å². The van der Waals surface area contributed by atoms with Gasteiger partial charge in [-0.05, 0) is 41.8 Å². The number of hydrogen-bond donors (Lipinski definition) is 1. The van der Waals surface area contributed by atoms with Crippen LogP contribution < -0.4 is 15.2 Å². The molecule has 5 rings (SSSR count). The molecule has 1 aromatic heterocycles. The van der Waals surface area contributed by atoms with E-state index in [4.69, 9.17) is 32.7 Å². The third-order valence-electron chi connectivity index (χ3n) is 6.85. The van der Waals surface area contributed by atoms with Crippen molar-refractivity contribution in [3.05, 3.63) is 78.7 Å². The van der Waals surface area contributed by atoms with Crippen LogP contribution in [0, 0.1) is 11.3 Å². The number of fused-ring (bicyclic) bond motifs is 1. The van der Waals surface area contributed by atoms with Gasteiger partial charge < -0.3 is 19.4 Å². The molecule has 2 aromatic carbocycles. The zero-order chi connectivity index (χ0) is 30.3. The van der Waals surface area contributed by atoms with Crippen LogP contribution in [-0.2, 0) is 23.7 Å². The van der Waals surface area contributed by atoms with E-state index in [9.17, 15) is 28.4 Å². The van der Waals surface area contributed by atoms with Crippen LogP contribution in [0.3, 0.4) is 0 Å². The Morgan fingerprint density at radius 2 is 1.93 bits per heavy atom. The van der Waals surface area contributed by atoms with E-state index in [1.165, 1.54) is 16.9 Å². The van der Waals surface area contributed by atoms with E-state index in [1.54, 1.807) is 24.3 Å². The van der Waals surface area contributed by atoms with Crippen molar-refractivity contribution in [3.63, 3.8) is 0 Å². The zero-order valence-corrected chi connectivity index (χ0v) is 24.6. The maximum atomic E-state index is 14.3. The predicted octanol–water partition coefficient (Wildman–Crippen LogP) is 6.33. The van der Waals surface area contributed by atoms with Gasteiger partial charge in [-0.25, -0.2) is 13.6 Å². The van der Waals surface area contributed by atoms with Crippen LogP contribution in [0.15, 0.2) is 44.9 Å². The smallest absolute Gasteiger partial charge is 0.414 e. The highest BCUT2D eigenvalue weighted by atomic mass is 35.5. The van der Waals surface area contributed by atoms with Gasteiger partial charge in [0, 0.05) is 36.3 Å². The highest BCUT2D eigenvalue weighted by Gasteiger charge is 2.36. The molecule has 14 heteroatoms. The summed E-state index contributed by atoms with van der Waals surface area (Å²) >= 11 is 13.4. The van der Waals surface area contributed by atoms with E-state index in [0.717, 1.165) is 17.8 Å². The van der Waals surface area contributed by atoms with E-state index in [0.29, 0.717) is 36.7 Å². The van der Waals surface area contributed by atoms with Crippen molar-refractivity contribution in [2.24, 2.45) is 0 Å². The van der Waals surface area contributed by atoms with Gasteiger partial charge in [-0.3, -0.25) is 14.5 Å². The summed E-state index contributed by atoms with van der Waals surface area (Å²) in [7, 11) is 1.37. The third kappa shape index (κ3) is 5.40. The number of aromatic amines is 1. The van der Waals surface area contributed by atoms with Crippen LogP contribution in [0.2, 0.25) is 10.0 Å². The number of hydrogen-bond acceptors (Lipinski definition) is 7. The SMILES string of the molecule is COc1c(N2CCCOC2=O)cc2c(c1C#N)CN(C(=O)c1c(Sc3c(Cl)cccc3Cl)cc(C(C)(F)F)[nH]c1=O)C2. The molecule has 9 nitrogen and oxygen atoms in total. The third-order valence-corrected chi connectivity index (χ3v) is 8.89. The molecule has 0 atom stereocenters. The molecule has 0 bridgehead atoms. The number of pyridine rings is 1. The summed E-state index contributed by atoms with van der Waals surface area (Å²) in [6, 6.07) is 9.48. The number of methoxy groups -OCH3 is 1. The van der Waals surface area contributed by atoms with Gasteiger partial charge in [0.05, 0.1) is 35.1 Å². The van der Waals surface area contributed by atoms with Crippen molar-refractivity contribution < 1.29 is 27.8 Å². The first-order chi connectivity index (χ1) is 19.9. The minimum atomic E-state index is -3.41. The Labute approximate surface area is 252 Å².